The van der Waals surface area contributed by atoms with E-state index >= 15 is 0 Å². The number of benzene rings is 4. The molecule has 42 heavy (non-hydrogen) atoms. The second-order valence-electron chi connectivity index (χ2n) is 8.84. The molecule has 0 saturated carbocycles. The van der Waals surface area contributed by atoms with Crippen molar-refractivity contribution < 1.29 is 48.6 Å². The van der Waals surface area contributed by atoms with E-state index in [4.69, 9.17) is 0 Å². The van der Waals surface area contributed by atoms with Crippen LogP contribution in [0.2, 0.25) is 0 Å². The lowest BCUT2D eigenvalue weighted by molar-refractivity contribution is -0.189. The van der Waals surface area contributed by atoms with Crippen molar-refractivity contribution in [2.24, 2.45) is 0 Å². The van der Waals surface area contributed by atoms with Gasteiger partial charge in [0.05, 0.1) is 5.56 Å². The molecule has 0 aliphatic carbocycles. The van der Waals surface area contributed by atoms with E-state index in [9.17, 15) is 43.9 Å². The van der Waals surface area contributed by atoms with E-state index in [-0.39, 0.29) is 23.3 Å². The van der Waals surface area contributed by atoms with Crippen LogP contribution >= 0.6 is 0 Å². The lowest BCUT2D eigenvalue weighted by Gasteiger charge is -2.19. The Morgan fingerprint density at radius 2 is 1.29 bits per heavy atom. The Bertz CT molecular complexity index is 1680. The molecular weight excluding hydrogens is 578 g/mol. The van der Waals surface area contributed by atoms with Gasteiger partial charge in [0.15, 0.2) is 17.5 Å². The third-order valence-corrected chi connectivity index (χ3v) is 5.89. The van der Waals surface area contributed by atoms with E-state index < -0.39 is 75.1 Å². The minimum absolute atomic E-state index is 0.0458. The summed E-state index contributed by atoms with van der Waals surface area (Å²) in [6.45, 7) is 3.58. The van der Waals surface area contributed by atoms with Crippen molar-refractivity contribution >= 4 is 0 Å². The largest absolute Gasteiger partial charge is 0.432 e. The summed E-state index contributed by atoms with van der Waals surface area (Å²) in [7, 11) is 0. The van der Waals surface area contributed by atoms with Gasteiger partial charge in [0.2, 0.25) is 0 Å². The van der Waals surface area contributed by atoms with E-state index in [1.165, 1.54) is 12.1 Å². The van der Waals surface area contributed by atoms with Crippen LogP contribution < -0.4 is 4.74 Å². The fraction of sp³-hybridized carbons (Fsp3) is 0.0968. The first kappa shape index (κ1) is 30.2. The molecule has 216 valence electrons. The lowest BCUT2D eigenvalue weighted by Crippen LogP contribution is -2.25. The zero-order chi connectivity index (χ0) is 30.8. The number of halogens is 10. The molecule has 0 bridgehead atoms. The molecule has 4 aromatic carbocycles. The molecule has 0 amide bonds. The van der Waals surface area contributed by atoms with Gasteiger partial charge < -0.3 is 4.74 Å². The number of alkyl halides is 2. The van der Waals surface area contributed by atoms with Crippen molar-refractivity contribution in [3.05, 3.63) is 136 Å². The zero-order valence-electron chi connectivity index (χ0n) is 21.1. The van der Waals surface area contributed by atoms with E-state index in [1.54, 1.807) is 12.1 Å². The smallest absolute Gasteiger partial charge is 0.429 e. The highest BCUT2D eigenvalue weighted by Crippen LogP contribution is 2.36. The number of aryl methyl sites for hydroxylation is 1. The molecule has 0 aromatic heterocycles. The molecule has 1 nitrogen and oxygen atoms in total. The molecule has 0 unspecified atom stereocenters. The van der Waals surface area contributed by atoms with Crippen molar-refractivity contribution in [3.8, 4) is 28.7 Å². The molecule has 4 aromatic rings. The average molecular weight is 594 g/mol. The molecule has 11 heteroatoms. The third kappa shape index (κ3) is 6.43. The van der Waals surface area contributed by atoms with Crippen LogP contribution in [0.4, 0.5) is 43.9 Å². The number of hydrogen-bond acceptors (Lipinski definition) is 1. The first-order valence-electron chi connectivity index (χ1n) is 11.9. The van der Waals surface area contributed by atoms with Gasteiger partial charge in [-0.05, 0) is 54.3 Å². The Balaban J connectivity index is 1.61. The van der Waals surface area contributed by atoms with E-state index in [1.807, 2.05) is 5.92 Å². The topological polar surface area (TPSA) is 9.23 Å². The van der Waals surface area contributed by atoms with Crippen molar-refractivity contribution in [2.45, 2.75) is 19.0 Å². The van der Waals surface area contributed by atoms with Gasteiger partial charge in [-0.25, -0.2) is 35.1 Å². The molecule has 0 aliphatic rings. The summed E-state index contributed by atoms with van der Waals surface area (Å²) in [5, 5.41) is 0. The minimum atomic E-state index is -4.83. The van der Waals surface area contributed by atoms with Crippen LogP contribution in [-0.2, 0) is 12.5 Å². The van der Waals surface area contributed by atoms with Crippen LogP contribution in [0.3, 0.4) is 0 Å². The van der Waals surface area contributed by atoms with E-state index in [0.717, 1.165) is 12.1 Å². The van der Waals surface area contributed by atoms with Gasteiger partial charge in [0.1, 0.15) is 40.4 Å². The maximum Gasteiger partial charge on any atom is 0.432 e. The average Bonchev–Trinajstić information content (AvgIpc) is 2.89. The van der Waals surface area contributed by atoms with E-state index in [2.05, 4.69) is 17.2 Å². The quantitative estimate of drug-likeness (QED) is 0.0898. The molecule has 0 saturated heterocycles. The summed E-state index contributed by atoms with van der Waals surface area (Å²) in [6, 6.07) is 6.47. The Hall–Kier alpha value is -4.72. The molecular formula is C31H16F10O. The van der Waals surface area contributed by atoms with Crippen molar-refractivity contribution in [3.63, 3.8) is 0 Å². The lowest BCUT2D eigenvalue weighted by atomic mass is 9.99. The second kappa shape index (κ2) is 12.0. The molecule has 0 radical (unpaired) electrons. The molecule has 4 rings (SSSR count). The summed E-state index contributed by atoms with van der Waals surface area (Å²) in [6.07, 6.45) is -2.07. The van der Waals surface area contributed by atoms with Crippen molar-refractivity contribution in [1.82, 2.24) is 0 Å². The Morgan fingerprint density at radius 1 is 0.690 bits per heavy atom. The van der Waals surface area contributed by atoms with Crippen LogP contribution in [0, 0.1) is 58.4 Å². The standard InChI is InChI=1S/C31H16F10O/c1-2-3-4-16-5-7-20(22(32)9-16)18-12-23(33)21(24(34)13-18)8-6-17-10-25(35)29(26(36)11-17)31(40,41)42-19-14-27(37)30(39)28(38)15-19/h2,5,7,9-15H,1,3-4H2. The van der Waals surface area contributed by atoms with Crippen LogP contribution in [0.15, 0.2) is 67.3 Å². The zero-order valence-corrected chi connectivity index (χ0v) is 21.1. The fourth-order valence-corrected chi connectivity index (χ4v) is 3.91. The highest BCUT2D eigenvalue weighted by Gasteiger charge is 2.41. The molecule has 0 aliphatic heterocycles. The predicted octanol–water partition coefficient (Wildman–Crippen LogP) is 9.11. The Morgan fingerprint density at radius 3 is 1.83 bits per heavy atom. The van der Waals surface area contributed by atoms with Gasteiger partial charge in [-0.15, -0.1) is 6.58 Å². The number of allylic oxidation sites excluding steroid dienone is 1. The second-order valence-corrected chi connectivity index (χ2v) is 8.84. The predicted molar refractivity (Wildman–Crippen MR) is 133 cm³/mol. The monoisotopic (exact) mass is 594 g/mol. The molecule has 0 atom stereocenters. The van der Waals surface area contributed by atoms with Gasteiger partial charge in [-0.3, -0.25) is 0 Å². The van der Waals surface area contributed by atoms with Crippen LogP contribution in [-0.4, -0.2) is 0 Å². The molecule has 0 fully saturated rings. The highest BCUT2D eigenvalue weighted by molar-refractivity contribution is 5.66. The Kier molecular flexibility index (Phi) is 8.66. The summed E-state index contributed by atoms with van der Waals surface area (Å²) in [5.41, 5.74) is -3.03. The van der Waals surface area contributed by atoms with Crippen molar-refractivity contribution in [1.29, 1.82) is 0 Å². The number of hydrogen-bond donors (Lipinski definition) is 0. The van der Waals surface area contributed by atoms with Gasteiger partial charge in [-0.1, -0.05) is 30.0 Å². The normalized spacial score (nSPS) is 11.2. The third-order valence-electron chi connectivity index (χ3n) is 5.89. The maximum atomic E-state index is 14.7. The SMILES string of the molecule is C=CCCc1ccc(-c2cc(F)c(C#Cc3cc(F)c(C(F)(F)Oc4cc(F)c(F)c(F)c4)c(F)c3)c(F)c2)c(F)c1. The summed E-state index contributed by atoms with van der Waals surface area (Å²) >= 11 is 0. The maximum absolute atomic E-state index is 14.7. The van der Waals surface area contributed by atoms with Gasteiger partial charge in [0.25, 0.3) is 0 Å². The van der Waals surface area contributed by atoms with Crippen LogP contribution in [0.5, 0.6) is 5.75 Å². The molecule has 0 spiro atoms. The van der Waals surface area contributed by atoms with Crippen LogP contribution in [0.25, 0.3) is 11.1 Å². The van der Waals surface area contributed by atoms with Gasteiger partial charge in [0, 0.05) is 23.3 Å². The van der Waals surface area contributed by atoms with E-state index in [0.29, 0.717) is 30.5 Å². The van der Waals surface area contributed by atoms with Crippen LogP contribution in [0.1, 0.15) is 28.7 Å². The number of rotatable bonds is 7. The summed E-state index contributed by atoms with van der Waals surface area (Å²) in [4.78, 5) is 0. The minimum Gasteiger partial charge on any atom is -0.429 e. The summed E-state index contributed by atoms with van der Waals surface area (Å²) < 4.78 is 146. The van der Waals surface area contributed by atoms with Gasteiger partial charge >= 0.3 is 6.11 Å². The molecule has 0 N–H and O–H groups in total. The van der Waals surface area contributed by atoms with Crippen molar-refractivity contribution in [2.75, 3.05) is 0 Å². The summed E-state index contributed by atoms with van der Waals surface area (Å²) in [5.74, 6) is -9.98. The highest BCUT2D eigenvalue weighted by atomic mass is 19.3. The first-order chi connectivity index (χ1) is 19.8. The number of ether oxygens (including phenoxy) is 1. The fourth-order valence-electron chi connectivity index (χ4n) is 3.91. The van der Waals surface area contributed by atoms with Gasteiger partial charge in [-0.2, -0.15) is 8.78 Å². The molecule has 0 heterocycles. The Labute approximate surface area is 232 Å². The first-order valence-corrected chi connectivity index (χ1v) is 11.9.